The van der Waals surface area contributed by atoms with Crippen molar-refractivity contribution in [2.45, 2.75) is 23.8 Å². The zero-order valence-electron chi connectivity index (χ0n) is 18.1. The van der Waals surface area contributed by atoms with Crippen molar-refractivity contribution in [3.05, 3.63) is 59.4 Å². The molecule has 0 amide bonds. The topological polar surface area (TPSA) is 104 Å². The average molecular weight is 469 g/mol. The Balaban J connectivity index is 1.44. The van der Waals surface area contributed by atoms with Crippen molar-refractivity contribution in [2.24, 2.45) is 5.41 Å². The van der Waals surface area contributed by atoms with Crippen LogP contribution in [0.1, 0.15) is 24.0 Å². The molecule has 1 atom stereocenters. The lowest BCUT2D eigenvalue weighted by Gasteiger charge is -2.48. The normalized spacial score (nSPS) is 19.2. The summed E-state index contributed by atoms with van der Waals surface area (Å²) in [4.78, 5) is 0.501. The maximum absolute atomic E-state index is 14.0. The molecule has 2 aliphatic heterocycles. The van der Waals surface area contributed by atoms with Gasteiger partial charge < -0.3 is 19.3 Å². The molecule has 2 aromatic carbocycles. The second kappa shape index (κ2) is 10.5. The molecule has 4 rings (SSSR count). The number of benzene rings is 2. The van der Waals surface area contributed by atoms with Crippen LogP contribution in [-0.2, 0) is 16.1 Å². The predicted octanol–water partition coefficient (Wildman–Crippen LogP) is 2.74. The van der Waals surface area contributed by atoms with Gasteiger partial charge in [-0.05, 0) is 37.1 Å². The van der Waals surface area contributed by atoms with Crippen molar-refractivity contribution in [2.75, 3.05) is 39.5 Å². The molecule has 1 unspecified atom stereocenters. The fourth-order valence-electron chi connectivity index (χ4n) is 4.10. The Labute approximate surface area is 196 Å². The van der Waals surface area contributed by atoms with Gasteiger partial charge in [0.15, 0.2) is 4.90 Å². The molecule has 2 fully saturated rings. The molecule has 2 heterocycles. The third kappa shape index (κ3) is 5.47. The molecule has 1 N–H and O–H groups in total. The first-order valence-corrected chi connectivity index (χ1v) is 11.9. The van der Waals surface area contributed by atoms with E-state index in [0.29, 0.717) is 48.5 Å². The number of halogens is 1. The van der Waals surface area contributed by atoms with Crippen molar-refractivity contribution in [1.29, 1.82) is 10.5 Å². The summed E-state index contributed by atoms with van der Waals surface area (Å²) in [7, 11) is 0. The molecule has 172 valence electrons. The smallest absolute Gasteiger partial charge is 0.191 e. The number of rotatable bonds is 8. The number of nitriles is 2. The van der Waals surface area contributed by atoms with Gasteiger partial charge in [0.2, 0.25) is 0 Å². The van der Waals surface area contributed by atoms with Crippen LogP contribution in [0.4, 0.5) is 4.39 Å². The lowest BCUT2D eigenvalue weighted by atomic mass is 9.82. The zero-order valence-corrected chi connectivity index (χ0v) is 18.9. The van der Waals surface area contributed by atoms with Crippen LogP contribution in [0.25, 0.3) is 0 Å². The minimum atomic E-state index is -1.45. The minimum absolute atomic E-state index is 0.0281. The molecular weight excluding hydrogens is 443 g/mol. The van der Waals surface area contributed by atoms with Crippen LogP contribution in [0.15, 0.2) is 47.4 Å². The summed E-state index contributed by atoms with van der Waals surface area (Å²) in [5.74, 6) is -0.264. The van der Waals surface area contributed by atoms with Gasteiger partial charge in [0.25, 0.3) is 0 Å². The predicted molar refractivity (Wildman–Crippen MR) is 120 cm³/mol. The van der Waals surface area contributed by atoms with Crippen LogP contribution in [0.2, 0.25) is 0 Å². The van der Waals surface area contributed by atoms with Crippen LogP contribution in [-0.4, -0.2) is 54.4 Å². The van der Waals surface area contributed by atoms with E-state index in [1.807, 2.05) is 4.31 Å². The number of ether oxygens (including phenoxy) is 2. The largest absolute Gasteiger partial charge is 0.593 e. The van der Waals surface area contributed by atoms with Crippen molar-refractivity contribution < 1.29 is 18.4 Å². The first-order chi connectivity index (χ1) is 16.0. The van der Waals surface area contributed by atoms with Crippen molar-refractivity contribution in [3.63, 3.8) is 0 Å². The van der Waals surface area contributed by atoms with Crippen molar-refractivity contribution in [3.8, 4) is 17.9 Å². The van der Waals surface area contributed by atoms with E-state index < -0.39 is 17.2 Å². The Morgan fingerprint density at radius 2 is 1.88 bits per heavy atom. The molecule has 0 radical (unpaired) electrons. The van der Waals surface area contributed by atoms with Gasteiger partial charge in [-0.1, -0.05) is 12.1 Å². The standard InChI is InChI=1S/C24H25FN4O3S/c25-22-11-21(6-5-18(22)12-26)32-17-24(14-28-20-7-9-31-10-8-20)15-29(16-24)33(30)23-4-2-1-3-19(23)13-27/h1-6,11,20,28H,7-10,14-17H2. The number of hydrogen-bond acceptors (Lipinski definition) is 7. The van der Waals surface area contributed by atoms with E-state index in [9.17, 15) is 14.2 Å². The number of hydrogen-bond donors (Lipinski definition) is 1. The first kappa shape index (κ1) is 23.5. The summed E-state index contributed by atoms with van der Waals surface area (Å²) in [5.41, 5.74) is 0.0533. The fourth-order valence-corrected chi connectivity index (χ4v) is 5.66. The van der Waals surface area contributed by atoms with E-state index in [4.69, 9.17) is 14.7 Å². The Morgan fingerprint density at radius 1 is 1.15 bits per heavy atom. The first-order valence-electron chi connectivity index (χ1n) is 10.8. The van der Waals surface area contributed by atoms with Gasteiger partial charge >= 0.3 is 0 Å². The van der Waals surface area contributed by atoms with Crippen LogP contribution in [0.3, 0.4) is 0 Å². The van der Waals surface area contributed by atoms with E-state index in [1.165, 1.54) is 12.1 Å². The summed E-state index contributed by atoms with van der Waals surface area (Å²) in [6.45, 7) is 3.44. The molecule has 0 spiro atoms. The summed E-state index contributed by atoms with van der Waals surface area (Å²) in [5, 5.41) is 21.9. The van der Waals surface area contributed by atoms with Crippen LogP contribution in [0.5, 0.6) is 5.75 Å². The summed E-state index contributed by atoms with van der Waals surface area (Å²) < 4.78 is 40.3. The molecule has 0 aromatic heterocycles. The molecule has 9 heteroatoms. The molecule has 0 aliphatic carbocycles. The van der Waals surface area contributed by atoms with Gasteiger partial charge in [0.1, 0.15) is 29.3 Å². The minimum Gasteiger partial charge on any atom is -0.593 e. The lowest BCUT2D eigenvalue weighted by Crippen LogP contribution is -2.65. The second-order valence-electron chi connectivity index (χ2n) is 8.46. The van der Waals surface area contributed by atoms with Gasteiger partial charge in [-0.15, -0.1) is 4.31 Å². The molecule has 0 bridgehead atoms. The molecule has 7 nitrogen and oxygen atoms in total. The molecular formula is C24H25FN4O3S. The molecule has 2 aromatic rings. The third-order valence-corrected chi connectivity index (χ3v) is 7.51. The Bertz CT molecular complexity index is 1060. The summed E-state index contributed by atoms with van der Waals surface area (Å²) in [6, 6.07) is 15.4. The summed E-state index contributed by atoms with van der Waals surface area (Å²) >= 11 is -1.45. The maximum Gasteiger partial charge on any atom is 0.191 e. The van der Waals surface area contributed by atoms with Gasteiger partial charge in [-0.3, -0.25) is 0 Å². The number of nitrogens with one attached hydrogen (secondary N) is 1. The molecule has 2 aliphatic rings. The van der Waals surface area contributed by atoms with Crippen LogP contribution < -0.4 is 10.1 Å². The van der Waals surface area contributed by atoms with E-state index in [-0.39, 0.29) is 11.0 Å². The van der Waals surface area contributed by atoms with Crippen molar-refractivity contribution >= 4 is 11.4 Å². The maximum atomic E-state index is 14.0. The van der Waals surface area contributed by atoms with Gasteiger partial charge in [-0.2, -0.15) is 10.5 Å². The highest BCUT2D eigenvalue weighted by molar-refractivity contribution is 7.89. The van der Waals surface area contributed by atoms with Gasteiger partial charge in [0, 0.05) is 31.9 Å². The molecule has 2 saturated heterocycles. The quantitative estimate of drug-likeness (QED) is 0.594. The van der Waals surface area contributed by atoms with E-state index in [0.717, 1.165) is 26.1 Å². The zero-order chi connectivity index (χ0) is 23.3. The second-order valence-corrected chi connectivity index (χ2v) is 9.92. The van der Waals surface area contributed by atoms with Gasteiger partial charge in [0.05, 0.1) is 42.0 Å². The Kier molecular flexibility index (Phi) is 7.49. The van der Waals surface area contributed by atoms with Crippen LogP contribution >= 0.6 is 0 Å². The van der Waals surface area contributed by atoms with E-state index in [1.54, 1.807) is 36.4 Å². The highest BCUT2D eigenvalue weighted by Crippen LogP contribution is 2.36. The fraction of sp³-hybridized carbons (Fsp3) is 0.417. The SMILES string of the molecule is N#Cc1ccc(OCC2(CNC3CCOCC3)CN([S+]([O-])c3ccccc3C#N)C2)cc1F. The molecule has 33 heavy (non-hydrogen) atoms. The monoisotopic (exact) mass is 468 g/mol. The molecule has 0 saturated carbocycles. The number of nitrogens with zero attached hydrogens (tertiary/aromatic N) is 3. The van der Waals surface area contributed by atoms with Crippen LogP contribution in [0, 0.1) is 33.9 Å². The third-order valence-electron chi connectivity index (χ3n) is 6.05. The van der Waals surface area contributed by atoms with Crippen molar-refractivity contribution in [1.82, 2.24) is 9.62 Å². The Morgan fingerprint density at radius 3 is 2.58 bits per heavy atom. The lowest BCUT2D eigenvalue weighted by molar-refractivity contribution is 0.0104. The summed E-state index contributed by atoms with van der Waals surface area (Å²) in [6.07, 6.45) is 1.87. The van der Waals surface area contributed by atoms with Gasteiger partial charge in [-0.25, -0.2) is 4.39 Å². The highest BCUT2D eigenvalue weighted by Gasteiger charge is 2.50. The van der Waals surface area contributed by atoms with E-state index >= 15 is 0 Å². The Hall–Kier alpha value is -2.66. The average Bonchev–Trinajstić information content (AvgIpc) is 2.83. The highest BCUT2D eigenvalue weighted by atomic mass is 32.2. The van der Waals surface area contributed by atoms with E-state index in [2.05, 4.69) is 11.4 Å².